The largest absolute Gasteiger partial charge is 0.460 e. The average molecular weight is 354 g/mol. The van der Waals surface area contributed by atoms with Gasteiger partial charge in [0.1, 0.15) is 5.58 Å². The van der Waals surface area contributed by atoms with Gasteiger partial charge in [-0.25, -0.2) is 13.2 Å². The van der Waals surface area contributed by atoms with E-state index in [1.165, 1.54) is 23.5 Å². The highest BCUT2D eigenvalue weighted by Crippen LogP contribution is 2.29. The SMILES string of the molecule is CCOC(=O)c1oc2ccc(S(=O)(=O)N(C)CCNC)cc2c1C. The number of esters is 1. The van der Waals surface area contributed by atoms with Crippen LogP contribution in [-0.2, 0) is 14.8 Å². The molecule has 0 aliphatic carbocycles. The number of benzene rings is 1. The third-order valence-corrected chi connectivity index (χ3v) is 5.61. The standard InChI is InChI=1S/C16H22N2O5S/c1-5-22-16(19)15-11(2)13-10-12(6-7-14(13)23-15)24(20,21)18(4)9-8-17-3/h6-7,10,17H,5,8-9H2,1-4H3. The molecule has 0 fully saturated rings. The Hall–Kier alpha value is -1.90. The zero-order valence-electron chi connectivity index (χ0n) is 14.3. The molecule has 1 heterocycles. The Balaban J connectivity index is 2.44. The van der Waals surface area contributed by atoms with E-state index in [9.17, 15) is 13.2 Å². The summed E-state index contributed by atoms with van der Waals surface area (Å²) in [6.07, 6.45) is 0. The summed E-state index contributed by atoms with van der Waals surface area (Å²) < 4.78 is 37.0. The summed E-state index contributed by atoms with van der Waals surface area (Å²) in [5.74, 6) is -0.452. The third kappa shape index (κ3) is 3.45. The molecule has 0 aliphatic rings. The van der Waals surface area contributed by atoms with Gasteiger partial charge in [-0.3, -0.25) is 0 Å². The Labute approximate surface area is 141 Å². The van der Waals surface area contributed by atoms with Crippen molar-refractivity contribution in [2.75, 3.05) is 33.8 Å². The highest BCUT2D eigenvalue weighted by Gasteiger charge is 2.24. The lowest BCUT2D eigenvalue weighted by Crippen LogP contribution is -2.32. The number of likely N-dealkylation sites (N-methyl/N-ethyl adjacent to an activating group) is 2. The topological polar surface area (TPSA) is 88.8 Å². The molecule has 1 aromatic heterocycles. The zero-order valence-corrected chi connectivity index (χ0v) is 15.1. The van der Waals surface area contributed by atoms with Crippen LogP contribution >= 0.6 is 0 Å². The first-order chi connectivity index (χ1) is 11.3. The van der Waals surface area contributed by atoms with E-state index in [4.69, 9.17) is 9.15 Å². The second kappa shape index (κ2) is 7.33. The van der Waals surface area contributed by atoms with Gasteiger partial charge in [-0.1, -0.05) is 0 Å². The van der Waals surface area contributed by atoms with Crippen LogP contribution in [-0.4, -0.2) is 52.5 Å². The summed E-state index contributed by atoms with van der Waals surface area (Å²) in [4.78, 5) is 12.1. The fourth-order valence-electron chi connectivity index (χ4n) is 2.32. The lowest BCUT2D eigenvalue weighted by molar-refractivity contribution is 0.0491. The van der Waals surface area contributed by atoms with Crippen LogP contribution in [0.15, 0.2) is 27.5 Å². The van der Waals surface area contributed by atoms with Crippen LogP contribution in [0.3, 0.4) is 0 Å². The second-order valence-electron chi connectivity index (χ2n) is 5.36. The van der Waals surface area contributed by atoms with Crippen LogP contribution < -0.4 is 5.32 Å². The van der Waals surface area contributed by atoms with Gasteiger partial charge < -0.3 is 14.5 Å². The monoisotopic (exact) mass is 354 g/mol. The number of aryl methyl sites for hydroxylation is 1. The lowest BCUT2D eigenvalue weighted by Gasteiger charge is -2.16. The molecule has 0 spiro atoms. The van der Waals surface area contributed by atoms with Crippen LogP contribution in [0.4, 0.5) is 0 Å². The Kier molecular flexibility index (Phi) is 5.63. The Morgan fingerprint density at radius 1 is 1.38 bits per heavy atom. The molecule has 8 heteroatoms. The van der Waals surface area contributed by atoms with E-state index < -0.39 is 16.0 Å². The van der Waals surface area contributed by atoms with E-state index in [0.29, 0.717) is 29.6 Å². The van der Waals surface area contributed by atoms with E-state index in [2.05, 4.69) is 5.32 Å². The van der Waals surface area contributed by atoms with Crippen LogP contribution in [0.25, 0.3) is 11.0 Å². The number of hydrogen-bond acceptors (Lipinski definition) is 6. The van der Waals surface area contributed by atoms with Crippen molar-refractivity contribution in [3.8, 4) is 0 Å². The second-order valence-corrected chi connectivity index (χ2v) is 7.41. The molecular weight excluding hydrogens is 332 g/mol. The molecule has 24 heavy (non-hydrogen) atoms. The first-order valence-corrected chi connectivity index (χ1v) is 9.08. The predicted molar refractivity (Wildman–Crippen MR) is 90.7 cm³/mol. The van der Waals surface area contributed by atoms with Crippen LogP contribution in [0.2, 0.25) is 0 Å². The first-order valence-electron chi connectivity index (χ1n) is 7.64. The fourth-order valence-corrected chi connectivity index (χ4v) is 3.52. The zero-order chi connectivity index (χ0) is 17.9. The molecule has 7 nitrogen and oxygen atoms in total. The normalized spacial score (nSPS) is 12.0. The molecule has 0 atom stereocenters. The molecule has 0 bridgehead atoms. The van der Waals surface area contributed by atoms with Crippen molar-refractivity contribution in [2.45, 2.75) is 18.7 Å². The molecule has 1 N–H and O–H groups in total. The third-order valence-electron chi connectivity index (χ3n) is 3.75. The Morgan fingerprint density at radius 2 is 2.08 bits per heavy atom. The smallest absolute Gasteiger partial charge is 0.374 e. The molecule has 0 unspecified atom stereocenters. The van der Waals surface area contributed by atoms with Crippen molar-refractivity contribution in [2.24, 2.45) is 0 Å². The van der Waals surface area contributed by atoms with Gasteiger partial charge in [-0.05, 0) is 39.1 Å². The summed E-state index contributed by atoms with van der Waals surface area (Å²) in [6, 6.07) is 4.57. The van der Waals surface area contributed by atoms with E-state index in [-0.39, 0.29) is 17.3 Å². The van der Waals surface area contributed by atoms with Crippen LogP contribution in [0.1, 0.15) is 23.0 Å². The van der Waals surface area contributed by atoms with Crippen molar-refractivity contribution < 1.29 is 22.4 Å². The molecule has 0 aliphatic heterocycles. The minimum absolute atomic E-state index is 0.102. The molecule has 2 rings (SSSR count). The van der Waals surface area contributed by atoms with Gasteiger partial charge >= 0.3 is 5.97 Å². The van der Waals surface area contributed by atoms with E-state index in [1.807, 2.05) is 0 Å². The van der Waals surface area contributed by atoms with Gasteiger partial charge in [-0.2, -0.15) is 4.31 Å². The van der Waals surface area contributed by atoms with Gasteiger partial charge in [0, 0.05) is 31.1 Å². The number of fused-ring (bicyclic) bond motifs is 1. The number of hydrogen-bond donors (Lipinski definition) is 1. The maximum atomic E-state index is 12.6. The van der Waals surface area contributed by atoms with Crippen molar-refractivity contribution in [1.82, 2.24) is 9.62 Å². The van der Waals surface area contributed by atoms with E-state index in [0.717, 1.165) is 0 Å². The van der Waals surface area contributed by atoms with Crippen molar-refractivity contribution >= 4 is 27.0 Å². The number of carbonyl (C=O) groups excluding carboxylic acids is 1. The maximum absolute atomic E-state index is 12.6. The average Bonchev–Trinajstić information content (AvgIpc) is 2.89. The van der Waals surface area contributed by atoms with Gasteiger partial charge in [0.25, 0.3) is 0 Å². The molecule has 0 saturated carbocycles. The summed E-state index contributed by atoms with van der Waals surface area (Å²) in [5, 5.41) is 3.50. The highest BCUT2D eigenvalue weighted by molar-refractivity contribution is 7.89. The van der Waals surface area contributed by atoms with Crippen LogP contribution in [0.5, 0.6) is 0 Å². The fraction of sp³-hybridized carbons (Fsp3) is 0.438. The van der Waals surface area contributed by atoms with Gasteiger partial charge in [0.15, 0.2) is 0 Å². The Morgan fingerprint density at radius 3 is 2.71 bits per heavy atom. The summed E-state index contributed by atoms with van der Waals surface area (Å²) in [5.41, 5.74) is 1.02. The Bertz CT molecular complexity index is 842. The molecule has 132 valence electrons. The van der Waals surface area contributed by atoms with E-state index >= 15 is 0 Å². The summed E-state index contributed by atoms with van der Waals surface area (Å²) >= 11 is 0. The number of rotatable bonds is 7. The van der Waals surface area contributed by atoms with Crippen molar-refractivity contribution in [1.29, 1.82) is 0 Å². The summed E-state index contributed by atoms with van der Waals surface area (Å²) in [7, 11) is -0.312. The molecule has 1 aromatic carbocycles. The molecule has 2 aromatic rings. The number of carbonyl (C=O) groups is 1. The number of ether oxygens (including phenoxy) is 1. The highest BCUT2D eigenvalue weighted by atomic mass is 32.2. The van der Waals surface area contributed by atoms with Gasteiger partial charge in [-0.15, -0.1) is 0 Å². The maximum Gasteiger partial charge on any atom is 0.374 e. The number of nitrogens with one attached hydrogen (secondary N) is 1. The van der Waals surface area contributed by atoms with E-state index in [1.54, 1.807) is 27.0 Å². The van der Waals surface area contributed by atoms with Crippen molar-refractivity contribution in [3.63, 3.8) is 0 Å². The molecule has 0 saturated heterocycles. The molecule has 0 amide bonds. The first kappa shape index (κ1) is 18.4. The van der Waals surface area contributed by atoms with Gasteiger partial charge in [0.05, 0.1) is 11.5 Å². The molecule has 0 radical (unpaired) electrons. The van der Waals surface area contributed by atoms with Crippen LogP contribution in [0, 0.1) is 6.92 Å². The predicted octanol–water partition coefficient (Wildman–Crippen LogP) is 1.76. The quantitative estimate of drug-likeness (QED) is 0.762. The van der Waals surface area contributed by atoms with Gasteiger partial charge in [0.2, 0.25) is 15.8 Å². The van der Waals surface area contributed by atoms with Crippen molar-refractivity contribution in [3.05, 3.63) is 29.5 Å². The number of nitrogens with zero attached hydrogens (tertiary/aromatic N) is 1. The summed E-state index contributed by atoms with van der Waals surface area (Å²) in [6.45, 7) is 4.57. The number of furan rings is 1. The minimum atomic E-state index is -3.61. The minimum Gasteiger partial charge on any atom is -0.460 e. The molecular formula is C16H22N2O5S. The number of sulfonamides is 1. The lowest BCUT2D eigenvalue weighted by atomic mass is 10.1.